The molecule has 0 N–H and O–H groups in total. The Morgan fingerprint density at radius 2 is 1.94 bits per heavy atom. The number of benzene rings is 1. The van der Waals surface area contributed by atoms with E-state index in [1.54, 1.807) is 30.1 Å². The van der Waals surface area contributed by atoms with E-state index in [-0.39, 0.29) is 23.8 Å². The predicted octanol–water partition coefficient (Wildman–Crippen LogP) is 3.22. The highest BCUT2D eigenvalue weighted by Crippen LogP contribution is 2.57. The second kappa shape index (κ2) is 8.51. The van der Waals surface area contributed by atoms with Gasteiger partial charge in [0.25, 0.3) is 5.56 Å². The van der Waals surface area contributed by atoms with Crippen molar-refractivity contribution >= 4 is 22.9 Å². The molecule has 9 nitrogen and oxygen atoms in total. The fraction of sp³-hybridized carbons (Fsp3) is 0.375. The Labute approximate surface area is 195 Å². The minimum absolute atomic E-state index is 0.156. The molecule has 6 rings (SSSR count). The van der Waals surface area contributed by atoms with Crippen LogP contribution in [0.15, 0.2) is 46.8 Å². The molecular formula is C24H26FN7O2. The summed E-state index contributed by atoms with van der Waals surface area (Å²) in [6, 6.07) is 5.25. The number of hydrogen-bond acceptors (Lipinski definition) is 7. The normalized spacial score (nSPS) is 20.7. The fourth-order valence-corrected chi connectivity index (χ4v) is 4.80. The second-order valence-electron chi connectivity index (χ2n) is 8.42. The molecule has 1 aliphatic carbocycles. The molecule has 4 aromatic rings. The molecule has 1 saturated carbocycles. The van der Waals surface area contributed by atoms with Gasteiger partial charge in [0.1, 0.15) is 18.7 Å². The Hall–Kier alpha value is -3.82. The van der Waals surface area contributed by atoms with E-state index < -0.39 is 0 Å². The van der Waals surface area contributed by atoms with E-state index in [9.17, 15) is 9.18 Å². The van der Waals surface area contributed by atoms with Crippen LogP contribution in [-0.2, 0) is 13.6 Å². The summed E-state index contributed by atoms with van der Waals surface area (Å²) in [5.74, 6) is 1.84. The van der Waals surface area contributed by atoms with Crippen LogP contribution < -0.4 is 10.5 Å². The van der Waals surface area contributed by atoms with Crippen LogP contribution in [0.3, 0.4) is 0 Å². The van der Waals surface area contributed by atoms with Gasteiger partial charge in [0.2, 0.25) is 5.89 Å². The van der Waals surface area contributed by atoms with Gasteiger partial charge in [-0.1, -0.05) is 37.7 Å². The van der Waals surface area contributed by atoms with E-state index in [0.717, 1.165) is 18.8 Å². The van der Waals surface area contributed by atoms with Gasteiger partial charge in [-0.15, -0.1) is 0 Å². The van der Waals surface area contributed by atoms with Gasteiger partial charge in [0.15, 0.2) is 17.0 Å². The van der Waals surface area contributed by atoms with E-state index in [4.69, 9.17) is 4.52 Å². The lowest BCUT2D eigenvalue weighted by molar-refractivity contribution is 0.363. The summed E-state index contributed by atoms with van der Waals surface area (Å²) in [7, 11) is 1.75. The molecule has 176 valence electrons. The number of nitrogens with zero attached hydrogens (tertiary/aromatic N) is 7. The molecule has 0 spiro atoms. The summed E-state index contributed by atoms with van der Waals surface area (Å²) < 4.78 is 22.6. The number of piperidine rings is 1. The highest BCUT2D eigenvalue weighted by molar-refractivity contribution is 5.68. The third-order valence-corrected chi connectivity index (χ3v) is 6.55. The number of hydrogen-bond donors (Lipinski definition) is 0. The van der Waals surface area contributed by atoms with Crippen molar-refractivity contribution in [1.82, 2.24) is 29.2 Å². The van der Waals surface area contributed by atoms with Gasteiger partial charge in [-0.2, -0.15) is 4.98 Å². The molecule has 4 heterocycles. The van der Waals surface area contributed by atoms with Crippen molar-refractivity contribution in [2.75, 3.05) is 18.0 Å². The molecule has 3 atom stereocenters. The Bertz CT molecular complexity index is 1410. The molecular weight excluding hydrogens is 437 g/mol. The molecule has 3 aromatic heterocycles. The van der Waals surface area contributed by atoms with Gasteiger partial charge in [0.05, 0.1) is 6.33 Å². The Morgan fingerprint density at radius 1 is 1.21 bits per heavy atom. The smallest absolute Gasteiger partial charge is 0.280 e. The van der Waals surface area contributed by atoms with Crippen LogP contribution in [0.25, 0.3) is 17.2 Å². The van der Waals surface area contributed by atoms with Gasteiger partial charge >= 0.3 is 0 Å². The van der Waals surface area contributed by atoms with Gasteiger partial charge in [-0.3, -0.25) is 9.36 Å². The summed E-state index contributed by atoms with van der Waals surface area (Å²) >= 11 is 0. The monoisotopic (exact) mass is 463 g/mol. The average Bonchev–Trinajstić information content (AvgIpc) is 3.25. The van der Waals surface area contributed by atoms with Crippen LogP contribution >= 0.6 is 0 Å². The van der Waals surface area contributed by atoms with Crippen LogP contribution in [0, 0.1) is 17.7 Å². The first-order valence-electron chi connectivity index (χ1n) is 11.4. The number of fused-ring (bicyclic) bond motifs is 2. The Morgan fingerprint density at radius 3 is 2.65 bits per heavy atom. The molecule has 0 bridgehead atoms. The van der Waals surface area contributed by atoms with Gasteiger partial charge < -0.3 is 14.0 Å². The molecule has 1 unspecified atom stereocenters. The third-order valence-electron chi connectivity index (χ3n) is 6.55. The maximum atomic E-state index is 14.1. The quantitative estimate of drug-likeness (QED) is 0.448. The lowest BCUT2D eigenvalue weighted by atomic mass is 10.1. The second-order valence-corrected chi connectivity index (χ2v) is 8.42. The maximum Gasteiger partial charge on any atom is 0.280 e. The number of halogens is 1. The highest BCUT2D eigenvalue weighted by atomic mass is 19.1. The molecule has 1 saturated heterocycles. The molecule has 1 aliphatic heterocycles. The summed E-state index contributed by atoms with van der Waals surface area (Å²) in [5.41, 5.74) is 2.02. The van der Waals surface area contributed by atoms with Crippen LogP contribution in [0.4, 0.5) is 10.1 Å². The lowest BCUT2D eigenvalue weighted by Crippen LogP contribution is -2.24. The number of aryl methyl sites for hydroxylation is 1. The van der Waals surface area contributed by atoms with Crippen molar-refractivity contribution in [2.45, 2.75) is 26.3 Å². The number of imidazole rings is 1. The zero-order chi connectivity index (χ0) is 24.0. The number of aromatic nitrogens is 6. The SMILES string of the molecule is C=Cc1ccc(N2C[C@@H]3C(c4noc(Cn5cnc6ncn(C)c6c5=O)n4)[C@@H]3C2)cc1F.CC. The minimum atomic E-state index is -0.258. The largest absolute Gasteiger partial charge is 0.371 e. The van der Waals surface area contributed by atoms with Crippen molar-refractivity contribution in [3.05, 3.63) is 70.9 Å². The van der Waals surface area contributed by atoms with Crippen molar-refractivity contribution in [3.63, 3.8) is 0 Å². The van der Waals surface area contributed by atoms with Crippen LogP contribution in [0.1, 0.15) is 37.0 Å². The van der Waals surface area contributed by atoms with Crippen molar-refractivity contribution in [1.29, 1.82) is 0 Å². The molecule has 0 radical (unpaired) electrons. The first kappa shape index (κ1) is 22.0. The average molecular weight is 464 g/mol. The van der Waals surface area contributed by atoms with Crippen molar-refractivity contribution in [3.8, 4) is 0 Å². The number of rotatable bonds is 5. The summed E-state index contributed by atoms with van der Waals surface area (Å²) in [6.07, 6.45) is 4.52. The highest BCUT2D eigenvalue weighted by Gasteiger charge is 2.58. The topological polar surface area (TPSA) is 94.9 Å². The molecule has 34 heavy (non-hydrogen) atoms. The van der Waals surface area contributed by atoms with E-state index in [1.165, 1.54) is 17.0 Å². The van der Waals surface area contributed by atoms with E-state index in [2.05, 4.69) is 31.6 Å². The zero-order valence-corrected chi connectivity index (χ0v) is 19.3. The maximum absolute atomic E-state index is 14.1. The molecule has 1 aromatic carbocycles. The predicted molar refractivity (Wildman–Crippen MR) is 126 cm³/mol. The van der Waals surface area contributed by atoms with E-state index in [1.807, 2.05) is 19.9 Å². The Kier molecular flexibility index (Phi) is 5.51. The van der Waals surface area contributed by atoms with Crippen molar-refractivity contribution < 1.29 is 8.91 Å². The first-order valence-corrected chi connectivity index (χ1v) is 11.4. The summed E-state index contributed by atoms with van der Waals surface area (Å²) in [4.78, 5) is 27.7. The lowest BCUT2D eigenvalue weighted by Gasteiger charge is -2.21. The minimum Gasteiger partial charge on any atom is -0.371 e. The molecule has 0 amide bonds. The van der Waals surface area contributed by atoms with E-state index >= 15 is 0 Å². The van der Waals surface area contributed by atoms with Gasteiger partial charge in [-0.25, -0.2) is 14.4 Å². The summed E-state index contributed by atoms with van der Waals surface area (Å²) in [6.45, 7) is 9.43. The third kappa shape index (κ3) is 3.59. The fourth-order valence-electron chi connectivity index (χ4n) is 4.80. The Balaban J connectivity index is 0.00000117. The molecule has 10 heteroatoms. The van der Waals surface area contributed by atoms with Crippen LogP contribution in [-0.4, -0.2) is 42.3 Å². The molecule has 2 aliphatic rings. The van der Waals surface area contributed by atoms with Crippen LogP contribution in [0.2, 0.25) is 0 Å². The van der Waals surface area contributed by atoms with Crippen molar-refractivity contribution in [2.24, 2.45) is 18.9 Å². The standard InChI is InChI=1S/C22H20FN7O2.C2H6/c1-3-12-4-5-13(6-16(12)23)29-7-14-15(8-29)18(14)20-26-17(32-27-20)9-30-11-25-21-19(22(30)31)28(2)10-24-21;1-2/h3-6,10-11,14-15,18H,1,7-9H2,2H3;1-2H3/t14-,15+,18?;. The zero-order valence-electron chi connectivity index (χ0n) is 19.3. The molecule has 2 fully saturated rings. The first-order chi connectivity index (χ1) is 16.5. The van der Waals surface area contributed by atoms with Gasteiger partial charge in [0, 0.05) is 37.3 Å². The van der Waals surface area contributed by atoms with Crippen LogP contribution in [0.5, 0.6) is 0 Å². The summed E-state index contributed by atoms with van der Waals surface area (Å²) in [5, 5.41) is 4.16. The number of anilines is 1. The van der Waals surface area contributed by atoms with E-state index in [0.29, 0.717) is 40.3 Å². The van der Waals surface area contributed by atoms with Gasteiger partial charge in [-0.05, 0) is 24.0 Å².